The molecule has 0 saturated carbocycles. The quantitative estimate of drug-likeness (QED) is 0.647. The highest BCUT2D eigenvalue weighted by atomic mass is 28.3. The summed E-state index contributed by atoms with van der Waals surface area (Å²) in [5, 5.41) is 19.8. The summed E-state index contributed by atoms with van der Waals surface area (Å²) in [6.45, 7) is 4.38. The van der Waals surface area contributed by atoms with Crippen LogP contribution in [0.25, 0.3) is 0 Å². The molecule has 1 rings (SSSR count). The number of aliphatic hydroxyl groups excluding tert-OH is 2. The van der Waals surface area contributed by atoms with Gasteiger partial charge >= 0.3 is 0 Å². The third-order valence-corrected chi connectivity index (χ3v) is 7.16. The Balaban J connectivity index is 2.53. The summed E-state index contributed by atoms with van der Waals surface area (Å²) in [6, 6.07) is 11.7. The van der Waals surface area contributed by atoms with Gasteiger partial charge in [0.1, 0.15) is 0 Å². The standard InChI is InChI=1S/C14H25NO2Si/c1-18(2,13-7-4-3-5-8-13)10-6-9-14(15,11-16)12-17/h3-5,7-8,16-17H,6,9-12,15H2,1-2H3. The van der Waals surface area contributed by atoms with Crippen LogP contribution in [0.2, 0.25) is 19.1 Å². The van der Waals surface area contributed by atoms with Gasteiger partial charge in [0.2, 0.25) is 0 Å². The number of nitrogens with two attached hydrogens (primary N) is 1. The predicted octanol–water partition coefficient (Wildman–Crippen LogP) is 1.06. The van der Waals surface area contributed by atoms with E-state index < -0.39 is 13.6 Å². The molecule has 0 fully saturated rings. The van der Waals surface area contributed by atoms with Crippen LogP contribution in [0.5, 0.6) is 0 Å². The molecule has 0 aliphatic carbocycles. The van der Waals surface area contributed by atoms with Gasteiger partial charge in [0.15, 0.2) is 0 Å². The van der Waals surface area contributed by atoms with Crippen molar-refractivity contribution in [2.24, 2.45) is 5.73 Å². The molecule has 4 N–H and O–H groups in total. The van der Waals surface area contributed by atoms with Crippen LogP contribution in [-0.4, -0.2) is 37.0 Å². The highest BCUT2D eigenvalue weighted by Crippen LogP contribution is 2.18. The van der Waals surface area contributed by atoms with Gasteiger partial charge in [-0.15, -0.1) is 0 Å². The Labute approximate surface area is 111 Å². The van der Waals surface area contributed by atoms with Crippen molar-refractivity contribution in [3.63, 3.8) is 0 Å². The topological polar surface area (TPSA) is 66.5 Å². The molecule has 0 bridgehead atoms. The Kier molecular flexibility index (Phi) is 5.53. The first-order chi connectivity index (χ1) is 8.43. The maximum absolute atomic E-state index is 9.16. The van der Waals surface area contributed by atoms with Crippen LogP contribution in [0, 0.1) is 0 Å². The minimum atomic E-state index is -1.42. The lowest BCUT2D eigenvalue weighted by Crippen LogP contribution is -2.48. The second-order valence-corrected chi connectivity index (χ2v) is 10.6. The van der Waals surface area contributed by atoms with E-state index in [0.29, 0.717) is 6.42 Å². The molecular formula is C14H25NO2Si. The third-order valence-electron chi connectivity index (χ3n) is 3.66. The second kappa shape index (κ2) is 6.47. The van der Waals surface area contributed by atoms with E-state index in [1.165, 1.54) is 5.19 Å². The summed E-state index contributed by atoms with van der Waals surface area (Å²) in [5.41, 5.74) is 5.06. The Morgan fingerprint density at radius 3 is 2.17 bits per heavy atom. The molecule has 0 spiro atoms. The van der Waals surface area contributed by atoms with Crippen LogP contribution in [0.15, 0.2) is 30.3 Å². The zero-order chi connectivity index (χ0) is 13.6. The monoisotopic (exact) mass is 267 g/mol. The van der Waals surface area contributed by atoms with Gasteiger partial charge in [0, 0.05) is 0 Å². The average Bonchev–Trinajstić information content (AvgIpc) is 2.39. The normalized spacial score (nSPS) is 12.7. The highest BCUT2D eigenvalue weighted by molar-refractivity contribution is 6.89. The molecule has 1 aromatic carbocycles. The number of hydrogen-bond donors (Lipinski definition) is 3. The Morgan fingerprint density at radius 2 is 1.67 bits per heavy atom. The van der Waals surface area contributed by atoms with Crippen molar-refractivity contribution in [2.45, 2.75) is 37.5 Å². The molecule has 0 aliphatic heterocycles. The molecule has 0 heterocycles. The molecule has 1 aromatic rings. The number of rotatable bonds is 7. The van der Waals surface area contributed by atoms with E-state index in [-0.39, 0.29) is 13.2 Å². The molecule has 102 valence electrons. The molecule has 0 saturated heterocycles. The van der Waals surface area contributed by atoms with Crippen LogP contribution >= 0.6 is 0 Å². The van der Waals surface area contributed by atoms with E-state index in [9.17, 15) is 0 Å². The van der Waals surface area contributed by atoms with E-state index in [1.54, 1.807) is 0 Å². The lowest BCUT2D eigenvalue weighted by Gasteiger charge is -2.28. The van der Waals surface area contributed by atoms with Crippen molar-refractivity contribution in [3.05, 3.63) is 30.3 Å². The van der Waals surface area contributed by atoms with Crippen molar-refractivity contribution in [3.8, 4) is 0 Å². The van der Waals surface area contributed by atoms with Crippen molar-refractivity contribution in [1.82, 2.24) is 0 Å². The van der Waals surface area contributed by atoms with Gasteiger partial charge in [0.25, 0.3) is 0 Å². The summed E-state index contributed by atoms with van der Waals surface area (Å²) in [6.07, 6.45) is 1.62. The van der Waals surface area contributed by atoms with Crippen molar-refractivity contribution >= 4 is 13.3 Å². The zero-order valence-electron chi connectivity index (χ0n) is 11.4. The van der Waals surface area contributed by atoms with E-state index >= 15 is 0 Å². The minimum absolute atomic E-state index is 0.156. The lowest BCUT2D eigenvalue weighted by molar-refractivity contribution is 0.114. The number of hydrogen-bond acceptors (Lipinski definition) is 3. The van der Waals surface area contributed by atoms with E-state index in [2.05, 4.69) is 37.4 Å². The smallest absolute Gasteiger partial charge is 0.0806 e. The number of benzene rings is 1. The SMILES string of the molecule is C[Si](C)(CCCC(N)(CO)CO)c1ccccc1. The van der Waals surface area contributed by atoms with Gasteiger partial charge in [-0.1, -0.05) is 61.1 Å². The van der Waals surface area contributed by atoms with Crippen LogP contribution in [0.4, 0.5) is 0 Å². The van der Waals surface area contributed by atoms with Gasteiger partial charge in [-0.2, -0.15) is 0 Å². The molecule has 0 atom stereocenters. The third kappa shape index (κ3) is 4.21. The van der Waals surface area contributed by atoms with E-state index in [0.717, 1.165) is 12.5 Å². The largest absolute Gasteiger partial charge is 0.394 e. The fourth-order valence-corrected chi connectivity index (χ4v) is 4.57. The van der Waals surface area contributed by atoms with Gasteiger partial charge < -0.3 is 15.9 Å². The minimum Gasteiger partial charge on any atom is -0.394 e. The first-order valence-electron chi connectivity index (χ1n) is 6.50. The van der Waals surface area contributed by atoms with Gasteiger partial charge in [0.05, 0.1) is 26.8 Å². The summed E-state index contributed by atoms with van der Waals surface area (Å²) in [7, 11) is -1.42. The average molecular weight is 267 g/mol. The van der Waals surface area contributed by atoms with Crippen LogP contribution in [0.3, 0.4) is 0 Å². The van der Waals surface area contributed by atoms with Crippen molar-refractivity contribution < 1.29 is 10.2 Å². The molecule has 0 aliphatic rings. The molecule has 0 aromatic heterocycles. The molecule has 4 heteroatoms. The first kappa shape index (κ1) is 15.4. The molecule has 0 unspecified atom stereocenters. The van der Waals surface area contributed by atoms with E-state index in [4.69, 9.17) is 15.9 Å². The van der Waals surface area contributed by atoms with E-state index in [1.807, 2.05) is 6.07 Å². The molecule has 0 radical (unpaired) electrons. The van der Waals surface area contributed by atoms with Crippen molar-refractivity contribution in [1.29, 1.82) is 0 Å². The summed E-state index contributed by atoms with van der Waals surface area (Å²) >= 11 is 0. The summed E-state index contributed by atoms with van der Waals surface area (Å²) < 4.78 is 0. The maximum atomic E-state index is 9.16. The predicted molar refractivity (Wildman–Crippen MR) is 78.7 cm³/mol. The Morgan fingerprint density at radius 1 is 1.11 bits per heavy atom. The Hall–Kier alpha value is -0.683. The Bertz CT molecular complexity index is 350. The van der Waals surface area contributed by atoms with Crippen LogP contribution < -0.4 is 10.9 Å². The van der Waals surface area contributed by atoms with Crippen LogP contribution in [-0.2, 0) is 0 Å². The van der Waals surface area contributed by atoms with Crippen LogP contribution in [0.1, 0.15) is 12.8 Å². The number of aliphatic hydroxyl groups is 2. The maximum Gasteiger partial charge on any atom is 0.0806 e. The highest BCUT2D eigenvalue weighted by Gasteiger charge is 2.26. The van der Waals surface area contributed by atoms with Gasteiger partial charge in [-0.25, -0.2) is 0 Å². The summed E-state index contributed by atoms with van der Waals surface area (Å²) in [5.74, 6) is 0. The van der Waals surface area contributed by atoms with Crippen molar-refractivity contribution in [2.75, 3.05) is 13.2 Å². The fraction of sp³-hybridized carbons (Fsp3) is 0.571. The van der Waals surface area contributed by atoms with Gasteiger partial charge in [-0.3, -0.25) is 0 Å². The second-order valence-electron chi connectivity index (χ2n) is 5.78. The molecule has 3 nitrogen and oxygen atoms in total. The molecule has 0 amide bonds. The summed E-state index contributed by atoms with van der Waals surface area (Å²) in [4.78, 5) is 0. The lowest BCUT2D eigenvalue weighted by atomic mass is 9.97. The first-order valence-corrected chi connectivity index (χ1v) is 9.70. The fourth-order valence-electron chi connectivity index (χ4n) is 2.12. The molecular weight excluding hydrogens is 242 g/mol. The molecule has 18 heavy (non-hydrogen) atoms. The zero-order valence-corrected chi connectivity index (χ0v) is 12.4. The van der Waals surface area contributed by atoms with Gasteiger partial charge in [-0.05, 0) is 6.42 Å².